The van der Waals surface area contributed by atoms with Crippen LogP contribution in [0.25, 0.3) is 0 Å². The van der Waals surface area contributed by atoms with Crippen molar-refractivity contribution in [3.63, 3.8) is 0 Å². The molecule has 116 valence electrons. The van der Waals surface area contributed by atoms with Gasteiger partial charge in [0.2, 0.25) is 0 Å². The molecule has 1 N–H and O–H groups in total. The summed E-state index contributed by atoms with van der Waals surface area (Å²) in [5.41, 5.74) is 1.53. The Bertz CT molecular complexity index is 547. The van der Waals surface area contributed by atoms with Gasteiger partial charge in [0.05, 0.1) is 30.1 Å². The van der Waals surface area contributed by atoms with Crippen LogP contribution in [0.4, 0.5) is 4.79 Å². The normalized spacial score (nSPS) is 25.2. The first kappa shape index (κ1) is 14.4. The van der Waals surface area contributed by atoms with E-state index < -0.39 is 5.60 Å². The maximum Gasteiger partial charge on any atom is 0.410 e. The van der Waals surface area contributed by atoms with E-state index in [-0.39, 0.29) is 18.2 Å². The minimum atomic E-state index is -0.475. The summed E-state index contributed by atoms with van der Waals surface area (Å²) in [6, 6.07) is -0.0161. The summed E-state index contributed by atoms with van der Waals surface area (Å²) >= 11 is 0. The van der Waals surface area contributed by atoms with Crippen molar-refractivity contribution in [2.75, 3.05) is 6.54 Å². The highest BCUT2D eigenvalue weighted by atomic mass is 16.6. The predicted molar refractivity (Wildman–Crippen MR) is 76.7 cm³/mol. The first-order chi connectivity index (χ1) is 9.85. The molecule has 6 heteroatoms. The van der Waals surface area contributed by atoms with Crippen molar-refractivity contribution in [2.24, 2.45) is 0 Å². The Morgan fingerprint density at radius 2 is 2.24 bits per heavy atom. The predicted octanol–water partition coefficient (Wildman–Crippen LogP) is 3.07. The lowest BCUT2D eigenvalue weighted by Crippen LogP contribution is -2.36. The molecular formula is C15H23N3O3. The standard InChI is InChI=1S/C15H23N3O3/c1-9-12-10(8-20-9)16-13(17-12)11-6-5-7-18(11)14(19)21-15(2,3)4/h9,11H,5-8H2,1-4H3,(H,16,17). The molecule has 2 aliphatic heterocycles. The Labute approximate surface area is 124 Å². The van der Waals surface area contributed by atoms with Crippen LogP contribution in [0.3, 0.4) is 0 Å². The van der Waals surface area contributed by atoms with Crippen molar-refractivity contribution in [1.29, 1.82) is 0 Å². The second-order valence-corrected chi connectivity index (χ2v) is 6.77. The molecule has 1 saturated heterocycles. The molecule has 2 aliphatic rings. The zero-order chi connectivity index (χ0) is 15.2. The number of nitrogens with one attached hydrogen (secondary N) is 1. The van der Waals surface area contributed by atoms with E-state index in [1.807, 2.05) is 27.7 Å². The van der Waals surface area contributed by atoms with Gasteiger partial charge in [0.1, 0.15) is 11.4 Å². The zero-order valence-electron chi connectivity index (χ0n) is 13.1. The van der Waals surface area contributed by atoms with Gasteiger partial charge in [0, 0.05) is 6.54 Å². The van der Waals surface area contributed by atoms with E-state index in [2.05, 4.69) is 9.97 Å². The van der Waals surface area contributed by atoms with Crippen molar-refractivity contribution < 1.29 is 14.3 Å². The number of H-pyrrole nitrogens is 1. The molecule has 3 rings (SSSR count). The highest BCUT2D eigenvalue weighted by molar-refractivity contribution is 5.69. The van der Waals surface area contributed by atoms with Gasteiger partial charge in [0.15, 0.2) is 0 Å². The Hall–Kier alpha value is -1.56. The lowest BCUT2D eigenvalue weighted by atomic mass is 10.2. The number of nitrogens with zero attached hydrogens (tertiary/aromatic N) is 2. The summed E-state index contributed by atoms with van der Waals surface area (Å²) in [7, 11) is 0. The quantitative estimate of drug-likeness (QED) is 0.864. The number of aromatic nitrogens is 2. The first-order valence-corrected chi connectivity index (χ1v) is 7.55. The lowest BCUT2D eigenvalue weighted by molar-refractivity contribution is 0.0217. The lowest BCUT2D eigenvalue weighted by Gasteiger charge is -2.27. The maximum absolute atomic E-state index is 12.3. The second-order valence-electron chi connectivity index (χ2n) is 6.77. The molecule has 0 saturated carbocycles. The largest absolute Gasteiger partial charge is 0.444 e. The SMILES string of the molecule is CC1OCc2[nH]c(C3CCCN3C(=O)OC(C)(C)C)nc21. The van der Waals surface area contributed by atoms with Gasteiger partial charge in [-0.25, -0.2) is 9.78 Å². The number of carbonyl (C=O) groups is 1. The van der Waals surface area contributed by atoms with Gasteiger partial charge in [-0.05, 0) is 40.5 Å². The molecule has 1 amide bonds. The number of hydrogen-bond acceptors (Lipinski definition) is 4. The molecule has 0 radical (unpaired) electrons. The van der Waals surface area contributed by atoms with Crippen LogP contribution in [0.5, 0.6) is 0 Å². The maximum atomic E-state index is 12.3. The zero-order valence-corrected chi connectivity index (χ0v) is 13.1. The van der Waals surface area contributed by atoms with E-state index in [0.717, 1.165) is 36.6 Å². The number of imidazole rings is 1. The van der Waals surface area contributed by atoms with Crippen LogP contribution >= 0.6 is 0 Å². The molecule has 3 heterocycles. The van der Waals surface area contributed by atoms with Crippen molar-refractivity contribution in [3.05, 3.63) is 17.2 Å². The number of fused-ring (bicyclic) bond motifs is 1. The Morgan fingerprint density at radius 1 is 1.48 bits per heavy atom. The Morgan fingerprint density at radius 3 is 2.90 bits per heavy atom. The number of carbonyl (C=O) groups excluding carboxylic acids is 1. The van der Waals surface area contributed by atoms with Gasteiger partial charge in [-0.3, -0.25) is 4.90 Å². The van der Waals surface area contributed by atoms with Crippen LogP contribution in [0.15, 0.2) is 0 Å². The molecule has 1 fully saturated rings. The number of hydrogen-bond donors (Lipinski definition) is 1. The Kier molecular flexibility index (Phi) is 3.43. The molecule has 21 heavy (non-hydrogen) atoms. The summed E-state index contributed by atoms with van der Waals surface area (Å²) < 4.78 is 11.0. The topological polar surface area (TPSA) is 67.5 Å². The van der Waals surface area contributed by atoms with Gasteiger partial charge >= 0.3 is 6.09 Å². The highest BCUT2D eigenvalue weighted by Gasteiger charge is 2.36. The summed E-state index contributed by atoms with van der Waals surface area (Å²) in [5, 5.41) is 0. The van der Waals surface area contributed by atoms with E-state index in [9.17, 15) is 4.79 Å². The molecular weight excluding hydrogens is 270 g/mol. The molecule has 0 aliphatic carbocycles. The summed E-state index contributed by atoms with van der Waals surface area (Å²) in [6.07, 6.45) is 1.66. The average Bonchev–Trinajstić information content (AvgIpc) is 3.03. The van der Waals surface area contributed by atoms with Crippen LogP contribution in [-0.4, -0.2) is 33.1 Å². The minimum absolute atomic E-state index is 0.0161. The number of amides is 1. The number of rotatable bonds is 1. The van der Waals surface area contributed by atoms with Gasteiger partial charge < -0.3 is 14.5 Å². The summed E-state index contributed by atoms with van der Waals surface area (Å²) in [4.78, 5) is 22.1. The van der Waals surface area contributed by atoms with Crippen molar-refractivity contribution in [3.8, 4) is 0 Å². The third-order valence-corrected chi connectivity index (χ3v) is 3.89. The van der Waals surface area contributed by atoms with Crippen molar-refractivity contribution in [2.45, 2.75) is 64.9 Å². The van der Waals surface area contributed by atoms with E-state index >= 15 is 0 Å². The number of likely N-dealkylation sites (tertiary alicyclic amines) is 1. The van der Waals surface area contributed by atoms with E-state index in [1.54, 1.807) is 4.90 Å². The molecule has 1 aromatic heterocycles. The Balaban J connectivity index is 1.78. The van der Waals surface area contributed by atoms with Gasteiger partial charge in [0.25, 0.3) is 0 Å². The number of aromatic amines is 1. The van der Waals surface area contributed by atoms with E-state index in [4.69, 9.17) is 9.47 Å². The summed E-state index contributed by atoms with van der Waals surface area (Å²) in [5.74, 6) is 0.860. The average molecular weight is 293 g/mol. The molecule has 6 nitrogen and oxygen atoms in total. The third-order valence-electron chi connectivity index (χ3n) is 3.89. The van der Waals surface area contributed by atoms with Crippen molar-refractivity contribution >= 4 is 6.09 Å². The van der Waals surface area contributed by atoms with Crippen LogP contribution in [0, 0.1) is 0 Å². The third kappa shape index (κ3) is 2.77. The fourth-order valence-corrected chi connectivity index (χ4v) is 2.93. The molecule has 2 atom stereocenters. The monoisotopic (exact) mass is 293 g/mol. The van der Waals surface area contributed by atoms with Crippen LogP contribution in [0.1, 0.15) is 69.9 Å². The molecule has 0 spiro atoms. The van der Waals surface area contributed by atoms with Crippen LogP contribution in [-0.2, 0) is 16.1 Å². The minimum Gasteiger partial charge on any atom is -0.444 e. The first-order valence-electron chi connectivity index (χ1n) is 7.55. The van der Waals surface area contributed by atoms with Gasteiger partial charge in [-0.2, -0.15) is 0 Å². The summed E-state index contributed by atoms with van der Waals surface area (Å²) in [6.45, 7) is 8.94. The smallest absolute Gasteiger partial charge is 0.410 e. The van der Waals surface area contributed by atoms with E-state index in [1.165, 1.54) is 0 Å². The molecule has 1 aromatic rings. The second kappa shape index (κ2) is 5.02. The molecule has 2 unspecified atom stereocenters. The highest BCUT2D eigenvalue weighted by Crippen LogP contribution is 2.35. The number of ether oxygens (including phenoxy) is 2. The fourth-order valence-electron chi connectivity index (χ4n) is 2.93. The van der Waals surface area contributed by atoms with Crippen molar-refractivity contribution in [1.82, 2.24) is 14.9 Å². The molecule has 0 aromatic carbocycles. The van der Waals surface area contributed by atoms with Crippen LogP contribution < -0.4 is 0 Å². The van der Waals surface area contributed by atoms with Gasteiger partial charge in [-0.15, -0.1) is 0 Å². The fraction of sp³-hybridized carbons (Fsp3) is 0.733. The van der Waals surface area contributed by atoms with Gasteiger partial charge in [-0.1, -0.05) is 0 Å². The van der Waals surface area contributed by atoms with Crippen LogP contribution in [0.2, 0.25) is 0 Å². The van der Waals surface area contributed by atoms with E-state index in [0.29, 0.717) is 6.61 Å². The molecule has 0 bridgehead atoms.